The Balaban J connectivity index is 2.21. The Hall–Kier alpha value is -0.930. The lowest BCUT2D eigenvalue weighted by Crippen LogP contribution is -2.07. The SMILES string of the molecule is Fc1cccc(C2CNOC2)c1. The topological polar surface area (TPSA) is 21.3 Å². The van der Waals surface area contributed by atoms with Crippen LogP contribution in [0.3, 0.4) is 0 Å². The van der Waals surface area contributed by atoms with Gasteiger partial charge >= 0.3 is 0 Å². The molecule has 0 amide bonds. The van der Waals surface area contributed by atoms with Gasteiger partial charge in [-0.3, -0.25) is 0 Å². The molecule has 1 unspecified atom stereocenters. The second-order valence-electron chi connectivity index (χ2n) is 2.91. The van der Waals surface area contributed by atoms with Crippen molar-refractivity contribution in [3.05, 3.63) is 35.6 Å². The van der Waals surface area contributed by atoms with Crippen molar-refractivity contribution in [2.75, 3.05) is 13.2 Å². The molecule has 64 valence electrons. The van der Waals surface area contributed by atoms with Gasteiger partial charge in [-0.1, -0.05) is 12.1 Å². The quantitative estimate of drug-likeness (QED) is 0.683. The van der Waals surface area contributed by atoms with Gasteiger partial charge in [-0.25, -0.2) is 9.87 Å². The molecule has 1 saturated heterocycles. The van der Waals surface area contributed by atoms with Crippen molar-refractivity contribution in [1.82, 2.24) is 5.48 Å². The Morgan fingerprint density at radius 1 is 1.50 bits per heavy atom. The summed E-state index contributed by atoms with van der Waals surface area (Å²) in [5.74, 6) is 0.111. The fourth-order valence-electron chi connectivity index (χ4n) is 1.35. The molecule has 0 saturated carbocycles. The molecule has 1 aliphatic heterocycles. The molecule has 2 nitrogen and oxygen atoms in total. The van der Waals surface area contributed by atoms with Crippen LogP contribution in [0.1, 0.15) is 11.5 Å². The number of benzene rings is 1. The van der Waals surface area contributed by atoms with Crippen molar-refractivity contribution in [1.29, 1.82) is 0 Å². The third-order valence-corrected chi connectivity index (χ3v) is 2.04. The van der Waals surface area contributed by atoms with E-state index in [2.05, 4.69) is 5.48 Å². The lowest BCUT2D eigenvalue weighted by Gasteiger charge is -2.05. The molecule has 0 aromatic heterocycles. The van der Waals surface area contributed by atoms with Crippen LogP contribution in [0.2, 0.25) is 0 Å². The molecule has 1 aliphatic rings. The third-order valence-electron chi connectivity index (χ3n) is 2.04. The molecule has 0 spiro atoms. The normalized spacial score (nSPS) is 22.9. The lowest BCUT2D eigenvalue weighted by molar-refractivity contribution is 0.101. The predicted molar refractivity (Wildman–Crippen MR) is 43.1 cm³/mol. The molecule has 1 aromatic carbocycles. The average molecular weight is 167 g/mol. The van der Waals surface area contributed by atoms with Crippen molar-refractivity contribution in [2.45, 2.75) is 5.92 Å². The first kappa shape index (κ1) is 7.71. The summed E-state index contributed by atoms with van der Waals surface area (Å²) in [6.45, 7) is 1.40. The van der Waals surface area contributed by atoms with Gasteiger partial charge in [0.15, 0.2) is 0 Å². The van der Waals surface area contributed by atoms with E-state index in [9.17, 15) is 4.39 Å². The minimum absolute atomic E-state index is 0.181. The van der Waals surface area contributed by atoms with E-state index in [1.165, 1.54) is 6.07 Å². The summed E-state index contributed by atoms with van der Waals surface area (Å²) in [7, 11) is 0. The van der Waals surface area contributed by atoms with Crippen LogP contribution in [0.15, 0.2) is 24.3 Å². The first-order chi connectivity index (χ1) is 5.86. The Labute approximate surface area is 70.3 Å². The highest BCUT2D eigenvalue weighted by Gasteiger charge is 2.17. The summed E-state index contributed by atoms with van der Waals surface area (Å²) in [5, 5.41) is 0. The van der Waals surface area contributed by atoms with Crippen molar-refractivity contribution in [3.8, 4) is 0 Å². The van der Waals surface area contributed by atoms with Crippen molar-refractivity contribution in [3.63, 3.8) is 0 Å². The van der Waals surface area contributed by atoms with E-state index in [1.807, 2.05) is 6.07 Å². The number of hydroxylamine groups is 1. The standard InChI is InChI=1S/C9H10FNO/c10-9-3-1-2-7(4-9)8-5-11-12-6-8/h1-4,8,11H,5-6H2. The van der Waals surface area contributed by atoms with E-state index >= 15 is 0 Å². The molecular formula is C9H10FNO. The van der Waals surface area contributed by atoms with Gasteiger partial charge in [0.25, 0.3) is 0 Å². The van der Waals surface area contributed by atoms with Crippen LogP contribution in [0.4, 0.5) is 4.39 Å². The highest BCUT2D eigenvalue weighted by molar-refractivity contribution is 5.21. The Bertz CT molecular complexity index is 271. The number of nitrogens with one attached hydrogen (secondary N) is 1. The average Bonchev–Trinajstić information content (AvgIpc) is 2.56. The molecule has 2 rings (SSSR count). The van der Waals surface area contributed by atoms with Crippen LogP contribution in [-0.4, -0.2) is 13.2 Å². The van der Waals surface area contributed by atoms with Gasteiger partial charge in [-0.05, 0) is 17.7 Å². The summed E-state index contributed by atoms with van der Waals surface area (Å²) in [6.07, 6.45) is 0. The zero-order valence-electron chi connectivity index (χ0n) is 6.59. The van der Waals surface area contributed by atoms with Crippen LogP contribution in [0, 0.1) is 5.82 Å². The van der Waals surface area contributed by atoms with Crippen LogP contribution in [0.5, 0.6) is 0 Å². The molecule has 1 N–H and O–H groups in total. The maximum Gasteiger partial charge on any atom is 0.123 e. The van der Waals surface area contributed by atoms with Gasteiger partial charge in [0.05, 0.1) is 6.61 Å². The lowest BCUT2D eigenvalue weighted by atomic mass is 10.0. The molecule has 3 heteroatoms. The molecule has 1 aromatic rings. The minimum atomic E-state index is -0.181. The Morgan fingerprint density at radius 3 is 3.08 bits per heavy atom. The van der Waals surface area contributed by atoms with Crippen molar-refractivity contribution in [2.24, 2.45) is 0 Å². The minimum Gasteiger partial charge on any atom is -0.301 e. The molecule has 0 aliphatic carbocycles. The Kier molecular flexibility index (Phi) is 2.06. The van der Waals surface area contributed by atoms with E-state index in [4.69, 9.17) is 4.84 Å². The molecule has 1 heterocycles. The number of hydrogen-bond acceptors (Lipinski definition) is 2. The fraction of sp³-hybridized carbons (Fsp3) is 0.333. The molecule has 0 radical (unpaired) electrons. The first-order valence-electron chi connectivity index (χ1n) is 3.96. The monoisotopic (exact) mass is 167 g/mol. The molecule has 1 atom stereocenters. The largest absolute Gasteiger partial charge is 0.301 e. The molecular weight excluding hydrogens is 157 g/mol. The number of hydrogen-bond donors (Lipinski definition) is 1. The van der Waals surface area contributed by atoms with Gasteiger partial charge in [0, 0.05) is 12.5 Å². The van der Waals surface area contributed by atoms with Gasteiger partial charge in [-0.2, -0.15) is 0 Å². The highest BCUT2D eigenvalue weighted by Crippen LogP contribution is 2.18. The van der Waals surface area contributed by atoms with Gasteiger partial charge in [0.2, 0.25) is 0 Å². The third kappa shape index (κ3) is 1.47. The smallest absolute Gasteiger partial charge is 0.123 e. The summed E-state index contributed by atoms with van der Waals surface area (Å²) < 4.78 is 12.8. The zero-order chi connectivity index (χ0) is 8.39. The number of rotatable bonds is 1. The predicted octanol–water partition coefficient (Wildman–Crippen LogP) is 1.44. The summed E-state index contributed by atoms with van der Waals surface area (Å²) in [4.78, 5) is 4.98. The van der Waals surface area contributed by atoms with Gasteiger partial charge in [-0.15, -0.1) is 0 Å². The molecule has 1 fully saturated rings. The second kappa shape index (κ2) is 3.21. The summed E-state index contributed by atoms with van der Waals surface area (Å²) in [6, 6.07) is 6.65. The summed E-state index contributed by atoms with van der Waals surface area (Å²) in [5.41, 5.74) is 3.77. The second-order valence-corrected chi connectivity index (χ2v) is 2.91. The van der Waals surface area contributed by atoms with Crippen LogP contribution in [-0.2, 0) is 4.84 Å². The van der Waals surface area contributed by atoms with E-state index < -0.39 is 0 Å². The van der Waals surface area contributed by atoms with E-state index in [1.54, 1.807) is 12.1 Å². The summed E-state index contributed by atoms with van der Waals surface area (Å²) >= 11 is 0. The maximum absolute atomic E-state index is 12.8. The molecule has 0 bridgehead atoms. The van der Waals surface area contributed by atoms with E-state index in [-0.39, 0.29) is 5.82 Å². The molecule has 12 heavy (non-hydrogen) atoms. The van der Waals surface area contributed by atoms with E-state index in [0.29, 0.717) is 12.5 Å². The first-order valence-corrected chi connectivity index (χ1v) is 3.96. The van der Waals surface area contributed by atoms with Crippen LogP contribution in [0.25, 0.3) is 0 Å². The number of halogens is 1. The Morgan fingerprint density at radius 2 is 2.42 bits per heavy atom. The van der Waals surface area contributed by atoms with Crippen LogP contribution < -0.4 is 5.48 Å². The fourth-order valence-corrected chi connectivity index (χ4v) is 1.35. The van der Waals surface area contributed by atoms with E-state index in [0.717, 1.165) is 12.1 Å². The zero-order valence-corrected chi connectivity index (χ0v) is 6.59. The van der Waals surface area contributed by atoms with Gasteiger partial charge < -0.3 is 4.84 Å². The maximum atomic E-state index is 12.8. The van der Waals surface area contributed by atoms with Crippen LogP contribution >= 0.6 is 0 Å². The van der Waals surface area contributed by atoms with Crippen molar-refractivity contribution >= 4 is 0 Å². The van der Waals surface area contributed by atoms with Crippen molar-refractivity contribution < 1.29 is 9.23 Å². The highest BCUT2D eigenvalue weighted by atomic mass is 19.1. The van der Waals surface area contributed by atoms with Gasteiger partial charge in [0.1, 0.15) is 5.82 Å².